The van der Waals surface area contributed by atoms with E-state index in [0.29, 0.717) is 0 Å². The van der Waals surface area contributed by atoms with E-state index in [0.717, 1.165) is 31.0 Å². The highest BCUT2D eigenvalue weighted by Gasteiger charge is 1.99. The summed E-state index contributed by atoms with van der Waals surface area (Å²) in [5, 5.41) is 5.92. The summed E-state index contributed by atoms with van der Waals surface area (Å²) in [5.74, 6) is 0.897. The first-order valence-corrected chi connectivity index (χ1v) is 7.52. The number of pyridine rings is 1. The van der Waals surface area contributed by atoms with E-state index in [1.807, 2.05) is 24.4 Å². The van der Waals surface area contributed by atoms with Crippen molar-refractivity contribution in [3.8, 4) is 5.75 Å². The molecule has 0 aliphatic carbocycles. The predicted octanol–water partition coefficient (Wildman–Crippen LogP) is 3.58. The number of hydrogen-bond donors (Lipinski definition) is 1. The average molecular weight is 292 g/mol. The van der Waals surface area contributed by atoms with Gasteiger partial charge in [0.2, 0.25) is 0 Å². The van der Waals surface area contributed by atoms with E-state index in [1.54, 1.807) is 7.11 Å². The SMILES string of the molecule is COc1ccc2cc(CNCCc3ccccn3)ccc2c1. The van der Waals surface area contributed by atoms with Crippen molar-refractivity contribution in [2.24, 2.45) is 0 Å². The van der Waals surface area contributed by atoms with Crippen LogP contribution in [0.15, 0.2) is 60.8 Å². The molecule has 0 bridgehead atoms. The van der Waals surface area contributed by atoms with E-state index >= 15 is 0 Å². The second-order valence-corrected chi connectivity index (χ2v) is 5.30. The molecule has 0 aliphatic rings. The molecule has 0 spiro atoms. The highest BCUT2D eigenvalue weighted by Crippen LogP contribution is 2.21. The summed E-state index contributed by atoms with van der Waals surface area (Å²) in [6, 6.07) is 18.7. The van der Waals surface area contributed by atoms with E-state index in [2.05, 4.69) is 46.7 Å². The Morgan fingerprint density at radius 2 is 1.86 bits per heavy atom. The monoisotopic (exact) mass is 292 g/mol. The Morgan fingerprint density at radius 3 is 2.68 bits per heavy atom. The van der Waals surface area contributed by atoms with E-state index < -0.39 is 0 Å². The number of methoxy groups -OCH3 is 1. The molecule has 3 aromatic rings. The molecule has 1 N–H and O–H groups in total. The summed E-state index contributed by atoms with van der Waals surface area (Å²) in [6.07, 6.45) is 2.79. The third kappa shape index (κ3) is 3.62. The van der Waals surface area contributed by atoms with Crippen LogP contribution in [0.1, 0.15) is 11.3 Å². The van der Waals surface area contributed by atoms with Crippen LogP contribution < -0.4 is 10.1 Å². The van der Waals surface area contributed by atoms with Crippen molar-refractivity contribution in [2.45, 2.75) is 13.0 Å². The van der Waals surface area contributed by atoms with Crippen LogP contribution in [0.4, 0.5) is 0 Å². The van der Waals surface area contributed by atoms with Gasteiger partial charge in [0.05, 0.1) is 7.11 Å². The molecule has 2 aromatic carbocycles. The summed E-state index contributed by atoms with van der Waals surface area (Å²) in [7, 11) is 1.70. The van der Waals surface area contributed by atoms with Gasteiger partial charge in [0.1, 0.15) is 5.75 Å². The fourth-order valence-corrected chi connectivity index (χ4v) is 2.51. The van der Waals surface area contributed by atoms with Crippen molar-refractivity contribution in [3.05, 3.63) is 72.1 Å². The molecule has 0 saturated carbocycles. The first-order valence-electron chi connectivity index (χ1n) is 7.52. The van der Waals surface area contributed by atoms with Crippen LogP contribution in [-0.2, 0) is 13.0 Å². The molecular weight excluding hydrogens is 272 g/mol. The highest BCUT2D eigenvalue weighted by atomic mass is 16.5. The minimum Gasteiger partial charge on any atom is -0.497 e. The minimum absolute atomic E-state index is 0.870. The molecule has 0 amide bonds. The molecule has 0 radical (unpaired) electrons. The standard InChI is InChI=1S/C19H20N2O/c1-22-19-8-7-16-12-15(5-6-17(16)13-19)14-20-11-9-18-4-2-3-10-21-18/h2-8,10,12-13,20H,9,11,14H2,1H3. The maximum atomic E-state index is 5.26. The van der Waals surface area contributed by atoms with Crippen molar-refractivity contribution >= 4 is 10.8 Å². The Kier molecular flexibility index (Phi) is 4.66. The maximum Gasteiger partial charge on any atom is 0.119 e. The van der Waals surface area contributed by atoms with Crippen LogP contribution in [-0.4, -0.2) is 18.6 Å². The molecule has 0 saturated heterocycles. The molecule has 3 rings (SSSR count). The largest absolute Gasteiger partial charge is 0.497 e. The van der Waals surface area contributed by atoms with Crippen LogP contribution in [0.25, 0.3) is 10.8 Å². The topological polar surface area (TPSA) is 34.1 Å². The number of fused-ring (bicyclic) bond motifs is 1. The maximum absolute atomic E-state index is 5.26. The van der Waals surface area contributed by atoms with E-state index in [1.165, 1.54) is 16.3 Å². The Morgan fingerprint density at radius 1 is 1.00 bits per heavy atom. The summed E-state index contributed by atoms with van der Waals surface area (Å²) in [4.78, 5) is 4.33. The Balaban J connectivity index is 1.57. The molecule has 22 heavy (non-hydrogen) atoms. The number of nitrogens with one attached hydrogen (secondary N) is 1. The molecule has 3 nitrogen and oxygen atoms in total. The zero-order valence-corrected chi connectivity index (χ0v) is 12.8. The van der Waals surface area contributed by atoms with Crippen molar-refractivity contribution in [1.82, 2.24) is 10.3 Å². The summed E-state index contributed by atoms with van der Waals surface area (Å²) < 4.78 is 5.26. The van der Waals surface area contributed by atoms with Gasteiger partial charge in [0.25, 0.3) is 0 Å². The molecule has 0 aliphatic heterocycles. The van der Waals surface area contributed by atoms with Crippen LogP contribution >= 0.6 is 0 Å². The molecular formula is C19H20N2O. The van der Waals surface area contributed by atoms with Gasteiger partial charge < -0.3 is 10.1 Å². The zero-order chi connectivity index (χ0) is 15.2. The highest BCUT2D eigenvalue weighted by molar-refractivity contribution is 5.84. The lowest BCUT2D eigenvalue weighted by Crippen LogP contribution is -2.17. The Bertz CT molecular complexity index is 741. The number of ether oxygens (including phenoxy) is 1. The fraction of sp³-hybridized carbons (Fsp3) is 0.211. The fourth-order valence-electron chi connectivity index (χ4n) is 2.51. The molecule has 1 heterocycles. The van der Waals surface area contributed by atoms with Gasteiger partial charge in [-0.05, 0) is 46.7 Å². The second kappa shape index (κ2) is 7.05. The van der Waals surface area contributed by atoms with Crippen LogP contribution in [0.2, 0.25) is 0 Å². The van der Waals surface area contributed by atoms with Crippen molar-refractivity contribution < 1.29 is 4.74 Å². The quantitative estimate of drug-likeness (QED) is 0.705. The molecule has 112 valence electrons. The molecule has 3 heteroatoms. The Hall–Kier alpha value is -2.39. The first kappa shape index (κ1) is 14.5. The number of rotatable bonds is 6. The zero-order valence-electron chi connectivity index (χ0n) is 12.8. The van der Waals surface area contributed by atoms with Gasteiger partial charge >= 0.3 is 0 Å². The van der Waals surface area contributed by atoms with Crippen molar-refractivity contribution in [2.75, 3.05) is 13.7 Å². The number of aromatic nitrogens is 1. The van der Waals surface area contributed by atoms with Gasteiger partial charge in [-0.15, -0.1) is 0 Å². The van der Waals surface area contributed by atoms with Crippen LogP contribution in [0, 0.1) is 0 Å². The second-order valence-electron chi connectivity index (χ2n) is 5.30. The normalized spacial score (nSPS) is 10.8. The Labute approximate surface area is 131 Å². The van der Waals surface area contributed by atoms with E-state index in [4.69, 9.17) is 4.74 Å². The predicted molar refractivity (Wildman–Crippen MR) is 90.1 cm³/mol. The summed E-state index contributed by atoms with van der Waals surface area (Å²) in [6.45, 7) is 1.80. The van der Waals surface area contributed by atoms with Gasteiger partial charge in [0, 0.05) is 31.4 Å². The minimum atomic E-state index is 0.870. The van der Waals surface area contributed by atoms with E-state index in [9.17, 15) is 0 Å². The average Bonchev–Trinajstić information content (AvgIpc) is 2.59. The van der Waals surface area contributed by atoms with Crippen molar-refractivity contribution in [3.63, 3.8) is 0 Å². The molecule has 0 unspecified atom stereocenters. The lowest BCUT2D eigenvalue weighted by molar-refractivity contribution is 0.415. The van der Waals surface area contributed by atoms with Crippen LogP contribution in [0.3, 0.4) is 0 Å². The third-order valence-corrected chi connectivity index (χ3v) is 3.73. The third-order valence-electron chi connectivity index (χ3n) is 3.73. The molecule has 1 aromatic heterocycles. The lowest BCUT2D eigenvalue weighted by Gasteiger charge is -2.07. The van der Waals surface area contributed by atoms with Gasteiger partial charge in [-0.25, -0.2) is 0 Å². The molecule has 0 atom stereocenters. The van der Waals surface area contributed by atoms with Crippen LogP contribution in [0.5, 0.6) is 5.75 Å². The first-order chi connectivity index (χ1) is 10.8. The van der Waals surface area contributed by atoms with Gasteiger partial charge in [-0.2, -0.15) is 0 Å². The van der Waals surface area contributed by atoms with Gasteiger partial charge in [-0.1, -0.05) is 24.3 Å². The van der Waals surface area contributed by atoms with Crippen molar-refractivity contribution in [1.29, 1.82) is 0 Å². The van der Waals surface area contributed by atoms with E-state index in [-0.39, 0.29) is 0 Å². The number of benzene rings is 2. The van der Waals surface area contributed by atoms with Gasteiger partial charge in [0.15, 0.2) is 0 Å². The summed E-state index contributed by atoms with van der Waals surface area (Å²) in [5.41, 5.74) is 2.42. The smallest absolute Gasteiger partial charge is 0.119 e. The number of hydrogen-bond acceptors (Lipinski definition) is 3. The lowest BCUT2D eigenvalue weighted by atomic mass is 10.1. The number of nitrogens with zero attached hydrogens (tertiary/aromatic N) is 1. The summed E-state index contributed by atoms with van der Waals surface area (Å²) >= 11 is 0. The van der Waals surface area contributed by atoms with Gasteiger partial charge in [-0.3, -0.25) is 4.98 Å². The molecule has 0 fully saturated rings.